The minimum Gasteiger partial charge on any atom is -0.462 e. The number of unbranched alkanes of at least 4 members (excludes halogenated alkanes) is 32. The van der Waals surface area contributed by atoms with Gasteiger partial charge in [0.1, 0.15) is 13.2 Å². The van der Waals surface area contributed by atoms with Crippen LogP contribution in [-0.2, 0) is 28.6 Å². The number of carbonyl (C=O) groups is 3. The zero-order valence-corrected chi connectivity index (χ0v) is 37.7. The van der Waals surface area contributed by atoms with Gasteiger partial charge < -0.3 is 14.2 Å². The second-order valence-corrected chi connectivity index (χ2v) is 16.7. The van der Waals surface area contributed by atoms with Crippen LogP contribution in [0.4, 0.5) is 0 Å². The molecule has 0 saturated heterocycles. The van der Waals surface area contributed by atoms with E-state index in [0.717, 1.165) is 64.2 Å². The van der Waals surface area contributed by atoms with Crippen LogP contribution in [0, 0.1) is 0 Å². The van der Waals surface area contributed by atoms with Crippen LogP contribution in [0.25, 0.3) is 0 Å². The van der Waals surface area contributed by atoms with Gasteiger partial charge in [0.15, 0.2) is 6.10 Å². The lowest BCUT2D eigenvalue weighted by Crippen LogP contribution is -2.30. The van der Waals surface area contributed by atoms with Crippen molar-refractivity contribution in [1.82, 2.24) is 0 Å². The highest BCUT2D eigenvalue weighted by molar-refractivity contribution is 5.71. The number of carbonyl (C=O) groups excluding carboxylic acids is 3. The lowest BCUT2D eigenvalue weighted by atomic mass is 10.0. The lowest BCUT2D eigenvalue weighted by Gasteiger charge is -2.18. The summed E-state index contributed by atoms with van der Waals surface area (Å²) in [7, 11) is 0. The van der Waals surface area contributed by atoms with Gasteiger partial charge >= 0.3 is 17.9 Å². The molecule has 56 heavy (non-hydrogen) atoms. The van der Waals surface area contributed by atoms with Crippen molar-refractivity contribution in [2.24, 2.45) is 0 Å². The van der Waals surface area contributed by atoms with Crippen LogP contribution in [0.2, 0.25) is 0 Å². The van der Waals surface area contributed by atoms with Crippen LogP contribution in [0.5, 0.6) is 0 Å². The topological polar surface area (TPSA) is 78.9 Å². The molecule has 0 saturated carbocycles. The summed E-state index contributed by atoms with van der Waals surface area (Å²) in [4.78, 5) is 37.8. The molecule has 0 amide bonds. The van der Waals surface area contributed by atoms with Crippen molar-refractivity contribution in [3.8, 4) is 0 Å². The number of rotatable bonds is 45. The van der Waals surface area contributed by atoms with E-state index in [1.807, 2.05) is 0 Å². The molecule has 0 aromatic heterocycles. The average molecular weight is 791 g/mol. The molecule has 0 aliphatic rings. The van der Waals surface area contributed by atoms with Crippen LogP contribution in [0.1, 0.15) is 271 Å². The molecule has 0 aliphatic carbocycles. The largest absolute Gasteiger partial charge is 0.462 e. The molecule has 0 aromatic rings. The molecule has 0 spiro atoms. The van der Waals surface area contributed by atoms with Gasteiger partial charge in [-0.3, -0.25) is 14.4 Å². The molecule has 0 bridgehead atoms. The predicted molar refractivity (Wildman–Crippen MR) is 238 cm³/mol. The van der Waals surface area contributed by atoms with E-state index in [1.54, 1.807) is 0 Å². The summed E-state index contributed by atoms with van der Waals surface area (Å²) in [5.74, 6) is -0.865. The second-order valence-electron chi connectivity index (χ2n) is 16.7. The zero-order valence-electron chi connectivity index (χ0n) is 37.7. The van der Waals surface area contributed by atoms with E-state index in [0.29, 0.717) is 19.3 Å². The van der Waals surface area contributed by atoms with Crippen LogP contribution in [0.15, 0.2) is 12.2 Å². The number of esters is 3. The molecule has 6 heteroatoms. The molecule has 0 N–H and O–H groups in total. The Morgan fingerprint density at radius 3 is 0.893 bits per heavy atom. The number of hydrogen-bond acceptors (Lipinski definition) is 6. The SMILES string of the molecule is CCCCCCC/C=C\CCCCCCCC(=O)OCC(COC(=O)CCCCCCCCCCCC)OC(=O)CCCCCCCCCCCCCCCC. The molecule has 330 valence electrons. The molecular formula is C50H94O6. The van der Waals surface area contributed by atoms with Gasteiger partial charge in [0, 0.05) is 19.3 Å². The number of ether oxygens (including phenoxy) is 3. The highest BCUT2D eigenvalue weighted by Crippen LogP contribution is 2.16. The van der Waals surface area contributed by atoms with Crippen molar-refractivity contribution in [2.45, 2.75) is 277 Å². The third kappa shape index (κ3) is 43.3. The standard InChI is InChI=1S/C50H94O6/c1-4-7-10-13-16-19-22-24-26-28-31-34-37-40-43-49(52)55-46-47(45-54-48(51)42-39-36-33-30-21-18-15-12-9-6-3)56-50(53)44-41-38-35-32-29-27-25-23-20-17-14-11-8-5-2/h22,24,47H,4-21,23,25-46H2,1-3H3/b24-22-. The Morgan fingerprint density at radius 1 is 0.339 bits per heavy atom. The lowest BCUT2D eigenvalue weighted by molar-refractivity contribution is -0.167. The molecule has 6 nitrogen and oxygen atoms in total. The van der Waals surface area contributed by atoms with Crippen LogP contribution in [0.3, 0.4) is 0 Å². The molecule has 0 fully saturated rings. The first kappa shape index (κ1) is 54.2. The minimum absolute atomic E-state index is 0.0678. The minimum atomic E-state index is -0.765. The van der Waals surface area contributed by atoms with Crippen molar-refractivity contribution < 1.29 is 28.6 Å². The third-order valence-electron chi connectivity index (χ3n) is 11.0. The van der Waals surface area contributed by atoms with E-state index in [1.165, 1.54) is 167 Å². The molecule has 0 heterocycles. The monoisotopic (exact) mass is 791 g/mol. The van der Waals surface area contributed by atoms with Gasteiger partial charge in [-0.25, -0.2) is 0 Å². The van der Waals surface area contributed by atoms with E-state index < -0.39 is 6.10 Å². The van der Waals surface area contributed by atoms with E-state index in [2.05, 4.69) is 32.9 Å². The van der Waals surface area contributed by atoms with Crippen molar-refractivity contribution in [3.63, 3.8) is 0 Å². The Kier molecular flexibility index (Phi) is 44.3. The summed E-state index contributed by atoms with van der Waals surface area (Å²) in [6.07, 6.45) is 49.0. The summed E-state index contributed by atoms with van der Waals surface area (Å²) in [6, 6.07) is 0. The van der Waals surface area contributed by atoms with Crippen LogP contribution < -0.4 is 0 Å². The van der Waals surface area contributed by atoms with Crippen LogP contribution in [-0.4, -0.2) is 37.2 Å². The Labute approximate surface area is 348 Å². The molecule has 0 aliphatic heterocycles. The fraction of sp³-hybridized carbons (Fsp3) is 0.900. The van der Waals surface area contributed by atoms with Crippen LogP contribution >= 0.6 is 0 Å². The summed E-state index contributed by atoms with van der Waals surface area (Å²) in [5, 5.41) is 0. The third-order valence-corrected chi connectivity index (χ3v) is 11.0. The average Bonchev–Trinajstić information content (AvgIpc) is 3.19. The first-order valence-corrected chi connectivity index (χ1v) is 24.7. The summed E-state index contributed by atoms with van der Waals surface area (Å²) in [6.45, 7) is 6.63. The normalized spacial score (nSPS) is 12.0. The van der Waals surface area contributed by atoms with Gasteiger partial charge in [-0.1, -0.05) is 219 Å². The van der Waals surface area contributed by atoms with Gasteiger partial charge in [-0.05, 0) is 44.9 Å². The maximum atomic E-state index is 12.7. The predicted octanol–water partition coefficient (Wildman–Crippen LogP) is 15.8. The van der Waals surface area contributed by atoms with Crippen molar-refractivity contribution in [3.05, 3.63) is 12.2 Å². The molecule has 0 aromatic carbocycles. The summed E-state index contributed by atoms with van der Waals surface area (Å²) < 4.78 is 16.7. The van der Waals surface area contributed by atoms with E-state index in [-0.39, 0.29) is 31.1 Å². The fourth-order valence-corrected chi connectivity index (χ4v) is 7.26. The fourth-order valence-electron chi connectivity index (χ4n) is 7.26. The summed E-state index contributed by atoms with van der Waals surface area (Å²) in [5.41, 5.74) is 0. The first-order chi connectivity index (χ1) is 27.5. The summed E-state index contributed by atoms with van der Waals surface area (Å²) >= 11 is 0. The molecular weight excluding hydrogens is 697 g/mol. The maximum absolute atomic E-state index is 12.7. The van der Waals surface area contributed by atoms with Gasteiger partial charge in [-0.2, -0.15) is 0 Å². The van der Waals surface area contributed by atoms with Gasteiger partial charge in [0.2, 0.25) is 0 Å². The second kappa shape index (κ2) is 45.8. The molecule has 0 rings (SSSR count). The van der Waals surface area contributed by atoms with E-state index in [4.69, 9.17) is 14.2 Å². The highest BCUT2D eigenvalue weighted by Gasteiger charge is 2.19. The molecule has 0 radical (unpaired) electrons. The Bertz CT molecular complexity index is 870. The quantitative estimate of drug-likeness (QED) is 0.0264. The van der Waals surface area contributed by atoms with Gasteiger partial charge in [0.05, 0.1) is 0 Å². The van der Waals surface area contributed by atoms with Gasteiger partial charge in [-0.15, -0.1) is 0 Å². The van der Waals surface area contributed by atoms with Crippen molar-refractivity contribution in [2.75, 3.05) is 13.2 Å². The van der Waals surface area contributed by atoms with Gasteiger partial charge in [0.25, 0.3) is 0 Å². The van der Waals surface area contributed by atoms with E-state index in [9.17, 15) is 14.4 Å². The molecule has 1 unspecified atom stereocenters. The number of allylic oxidation sites excluding steroid dienone is 2. The Morgan fingerprint density at radius 2 is 0.589 bits per heavy atom. The Balaban J connectivity index is 4.33. The maximum Gasteiger partial charge on any atom is 0.306 e. The first-order valence-electron chi connectivity index (χ1n) is 24.7. The van der Waals surface area contributed by atoms with E-state index >= 15 is 0 Å². The zero-order chi connectivity index (χ0) is 40.8. The highest BCUT2D eigenvalue weighted by atomic mass is 16.6. The molecule has 1 atom stereocenters. The van der Waals surface area contributed by atoms with Crippen molar-refractivity contribution in [1.29, 1.82) is 0 Å². The Hall–Kier alpha value is -1.85. The smallest absolute Gasteiger partial charge is 0.306 e. The van der Waals surface area contributed by atoms with Crippen molar-refractivity contribution >= 4 is 17.9 Å². The number of hydrogen-bond donors (Lipinski definition) is 0.